The Balaban J connectivity index is 1.91. The van der Waals surface area contributed by atoms with E-state index in [1.165, 1.54) is 12.0 Å². The summed E-state index contributed by atoms with van der Waals surface area (Å²) < 4.78 is 12.7. The molecule has 1 heterocycles. The third kappa shape index (κ3) is 5.61. The number of hydrogen-bond donors (Lipinski definition) is 1. The molecule has 4 aromatic rings. The summed E-state index contributed by atoms with van der Waals surface area (Å²) in [6.07, 6.45) is 0. The maximum atomic E-state index is 14.2. The van der Waals surface area contributed by atoms with Gasteiger partial charge in [-0.05, 0) is 69.7 Å². The number of amides is 2. The van der Waals surface area contributed by atoms with E-state index in [0.717, 1.165) is 11.1 Å². The summed E-state index contributed by atoms with van der Waals surface area (Å²) in [6.45, 7) is 7.47. The summed E-state index contributed by atoms with van der Waals surface area (Å²) >= 11 is 0. The van der Waals surface area contributed by atoms with E-state index in [4.69, 9.17) is 9.47 Å². The van der Waals surface area contributed by atoms with E-state index in [-0.39, 0.29) is 18.4 Å². The van der Waals surface area contributed by atoms with Gasteiger partial charge in [-0.3, -0.25) is 14.5 Å². The number of nitrogens with one attached hydrogen (secondary N) is 1. The molecule has 1 atom stereocenters. The smallest absolute Gasteiger partial charge is 0.249 e. The van der Waals surface area contributed by atoms with Crippen LogP contribution in [0.5, 0.6) is 11.5 Å². The van der Waals surface area contributed by atoms with Crippen LogP contribution < -0.4 is 19.7 Å². The van der Waals surface area contributed by atoms with Crippen molar-refractivity contribution in [3.63, 3.8) is 0 Å². The second-order valence-corrected chi connectivity index (χ2v) is 10.0. The Bertz CT molecular complexity index is 1460. The number of methoxy groups -OCH3 is 2. The summed E-state index contributed by atoms with van der Waals surface area (Å²) in [7, 11) is 3.08. The number of fused-ring (bicyclic) bond motifs is 1. The molecule has 4 rings (SSSR count). The van der Waals surface area contributed by atoms with Crippen LogP contribution in [0.25, 0.3) is 11.0 Å². The van der Waals surface area contributed by atoms with Crippen molar-refractivity contribution in [2.45, 2.75) is 45.8 Å². The molecule has 38 heavy (non-hydrogen) atoms. The second kappa shape index (κ2) is 10.9. The molecule has 1 N–H and O–H groups in total. The Hall–Kier alpha value is -4.40. The first kappa shape index (κ1) is 26.7. The van der Waals surface area contributed by atoms with Crippen molar-refractivity contribution in [1.82, 2.24) is 20.3 Å². The van der Waals surface area contributed by atoms with Crippen molar-refractivity contribution in [3.8, 4) is 11.5 Å². The molecule has 0 aliphatic heterocycles. The van der Waals surface area contributed by atoms with Crippen molar-refractivity contribution < 1.29 is 19.1 Å². The van der Waals surface area contributed by atoms with Crippen molar-refractivity contribution in [3.05, 3.63) is 77.9 Å². The highest BCUT2D eigenvalue weighted by Gasteiger charge is 2.37. The molecule has 0 aliphatic carbocycles. The number of anilines is 1. The molecule has 9 heteroatoms. The average Bonchev–Trinajstić information content (AvgIpc) is 3.29. The highest BCUT2D eigenvalue weighted by Crippen LogP contribution is 2.37. The molecule has 0 spiro atoms. The van der Waals surface area contributed by atoms with Gasteiger partial charge in [-0.15, -0.1) is 5.10 Å². The summed E-state index contributed by atoms with van der Waals surface area (Å²) in [5.74, 6) is 0.296. The first-order valence-corrected chi connectivity index (χ1v) is 12.3. The summed E-state index contributed by atoms with van der Waals surface area (Å²) in [5.41, 5.74) is 2.78. The second-order valence-electron chi connectivity index (χ2n) is 10.0. The van der Waals surface area contributed by atoms with Gasteiger partial charge in [0.15, 0.2) is 0 Å². The molecule has 3 aromatic carbocycles. The SMILES string of the molecule is COc1ccc(OC)c([C@H](C(=O)NC(C)(C)C)N(C(=O)Cn2nnc3ccccc32)c2ccccc2C)c1. The molecule has 1 aromatic heterocycles. The number of carbonyl (C=O) groups excluding carboxylic acids is 2. The van der Waals surface area contributed by atoms with E-state index in [1.807, 2.05) is 76.2 Å². The van der Waals surface area contributed by atoms with Gasteiger partial charge in [-0.1, -0.05) is 35.5 Å². The number of carbonyl (C=O) groups is 2. The fourth-order valence-corrected chi connectivity index (χ4v) is 4.38. The molecule has 2 amide bonds. The number of aryl methyl sites for hydroxylation is 1. The maximum Gasteiger partial charge on any atom is 0.249 e. The highest BCUT2D eigenvalue weighted by atomic mass is 16.5. The molecule has 0 radical (unpaired) electrons. The normalized spacial score (nSPS) is 12.2. The Labute approximate surface area is 222 Å². The molecule has 0 aliphatic rings. The minimum atomic E-state index is -1.07. The molecule has 0 saturated carbocycles. The minimum absolute atomic E-state index is 0.125. The van der Waals surface area contributed by atoms with Gasteiger partial charge in [0.05, 0.1) is 19.7 Å². The maximum absolute atomic E-state index is 14.2. The quantitative estimate of drug-likeness (QED) is 0.372. The lowest BCUT2D eigenvalue weighted by Crippen LogP contribution is -2.50. The highest BCUT2D eigenvalue weighted by molar-refractivity contribution is 6.02. The fourth-order valence-electron chi connectivity index (χ4n) is 4.38. The summed E-state index contributed by atoms with van der Waals surface area (Å²) in [4.78, 5) is 29.8. The Morgan fingerprint density at radius 3 is 2.39 bits per heavy atom. The molecule has 0 bridgehead atoms. The zero-order valence-corrected chi connectivity index (χ0v) is 22.6. The van der Waals surface area contributed by atoms with Crippen LogP contribution in [0.2, 0.25) is 0 Å². The van der Waals surface area contributed by atoms with Crippen LogP contribution in [0.3, 0.4) is 0 Å². The third-order valence-corrected chi connectivity index (χ3v) is 6.09. The first-order chi connectivity index (χ1) is 18.1. The number of rotatable bonds is 8. The van der Waals surface area contributed by atoms with E-state index >= 15 is 0 Å². The van der Waals surface area contributed by atoms with Crippen LogP contribution in [0.1, 0.15) is 37.9 Å². The standard InChI is InChI=1S/C29H33N5O4/c1-19-11-7-9-13-23(19)34(26(35)18-33-24-14-10-8-12-22(24)31-32-33)27(28(36)30-29(2,3)4)21-17-20(37-5)15-16-25(21)38-6/h7-17,27H,18H2,1-6H3,(H,30,36)/t27-/m1/s1. The lowest BCUT2D eigenvalue weighted by atomic mass is 9.98. The Morgan fingerprint density at radius 1 is 1.00 bits per heavy atom. The van der Waals surface area contributed by atoms with Gasteiger partial charge in [-0.25, -0.2) is 4.68 Å². The van der Waals surface area contributed by atoms with Gasteiger partial charge in [0.25, 0.3) is 0 Å². The number of nitrogens with zero attached hydrogens (tertiary/aromatic N) is 4. The fraction of sp³-hybridized carbons (Fsp3) is 0.310. The monoisotopic (exact) mass is 515 g/mol. The lowest BCUT2D eigenvalue weighted by molar-refractivity contribution is -0.128. The number of para-hydroxylation sites is 2. The van der Waals surface area contributed by atoms with E-state index in [2.05, 4.69) is 15.6 Å². The predicted octanol–water partition coefficient (Wildman–Crippen LogP) is 4.45. The number of ether oxygens (including phenoxy) is 2. The average molecular weight is 516 g/mol. The van der Waals surface area contributed by atoms with Gasteiger partial charge in [-0.2, -0.15) is 0 Å². The summed E-state index contributed by atoms with van der Waals surface area (Å²) in [5, 5.41) is 11.4. The van der Waals surface area contributed by atoms with Crippen molar-refractivity contribution >= 4 is 28.5 Å². The Kier molecular flexibility index (Phi) is 7.66. The molecule has 0 fully saturated rings. The van der Waals surface area contributed by atoms with Crippen molar-refractivity contribution in [1.29, 1.82) is 0 Å². The molecular formula is C29H33N5O4. The van der Waals surface area contributed by atoms with Gasteiger partial charge in [0.2, 0.25) is 11.8 Å². The van der Waals surface area contributed by atoms with E-state index < -0.39 is 11.6 Å². The van der Waals surface area contributed by atoms with Crippen LogP contribution in [0, 0.1) is 6.92 Å². The van der Waals surface area contributed by atoms with Gasteiger partial charge in [0, 0.05) is 16.8 Å². The number of hydrogen-bond acceptors (Lipinski definition) is 6. The Morgan fingerprint density at radius 2 is 1.71 bits per heavy atom. The molecule has 0 saturated heterocycles. The van der Waals surface area contributed by atoms with E-state index in [0.29, 0.717) is 28.3 Å². The van der Waals surface area contributed by atoms with Gasteiger partial charge in [0.1, 0.15) is 29.6 Å². The minimum Gasteiger partial charge on any atom is -0.497 e. The van der Waals surface area contributed by atoms with Crippen molar-refractivity contribution in [2.24, 2.45) is 0 Å². The van der Waals surface area contributed by atoms with Gasteiger partial charge >= 0.3 is 0 Å². The zero-order valence-electron chi connectivity index (χ0n) is 22.6. The van der Waals surface area contributed by atoms with Crippen LogP contribution in [-0.2, 0) is 16.1 Å². The third-order valence-electron chi connectivity index (χ3n) is 6.09. The van der Waals surface area contributed by atoms with E-state index in [1.54, 1.807) is 30.0 Å². The van der Waals surface area contributed by atoms with E-state index in [9.17, 15) is 9.59 Å². The summed E-state index contributed by atoms with van der Waals surface area (Å²) in [6, 6.07) is 19.0. The van der Waals surface area contributed by atoms with Crippen LogP contribution in [-0.4, -0.2) is 46.6 Å². The van der Waals surface area contributed by atoms with Crippen LogP contribution in [0.4, 0.5) is 5.69 Å². The first-order valence-electron chi connectivity index (χ1n) is 12.3. The number of benzene rings is 3. The topological polar surface area (TPSA) is 98.6 Å². The number of aromatic nitrogens is 3. The molecule has 9 nitrogen and oxygen atoms in total. The largest absolute Gasteiger partial charge is 0.497 e. The van der Waals surface area contributed by atoms with Crippen LogP contribution in [0.15, 0.2) is 66.7 Å². The molecule has 198 valence electrons. The van der Waals surface area contributed by atoms with Gasteiger partial charge < -0.3 is 14.8 Å². The molecule has 0 unspecified atom stereocenters. The predicted molar refractivity (Wildman–Crippen MR) is 146 cm³/mol. The molecular weight excluding hydrogens is 482 g/mol. The van der Waals surface area contributed by atoms with Crippen LogP contribution >= 0.6 is 0 Å². The lowest BCUT2D eigenvalue weighted by Gasteiger charge is -2.35. The zero-order chi connectivity index (χ0) is 27.4. The van der Waals surface area contributed by atoms with Crippen molar-refractivity contribution in [2.75, 3.05) is 19.1 Å².